The summed E-state index contributed by atoms with van der Waals surface area (Å²) in [5, 5.41) is 1.91. The van der Waals surface area contributed by atoms with Gasteiger partial charge < -0.3 is 13.9 Å². The first kappa shape index (κ1) is 14.6. The molecule has 1 aliphatic heterocycles. The van der Waals surface area contributed by atoms with E-state index in [4.69, 9.17) is 25.5 Å². The SMILES string of the molecule is CC(OC1CCCOC1)C1CCc2oc3ccc(Cl)cc3c21. The van der Waals surface area contributed by atoms with Crippen LogP contribution in [0.2, 0.25) is 5.02 Å². The second-order valence-corrected chi connectivity index (χ2v) is 6.84. The molecule has 1 aromatic carbocycles. The van der Waals surface area contributed by atoms with Gasteiger partial charge in [-0.25, -0.2) is 0 Å². The minimum Gasteiger partial charge on any atom is -0.461 e. The van der Waals surface area contributed by atoms with E-state index in [0.29, 0.717) is 5.92 Å². The van der Waals surface area contributed by atoms with Crippen molar-refractivity contribution in [1.82, 2.24) is 0 Å². The van der Waals surface area contributed by atoms with Crippen molar-refractivity contribution < 1.29 is 13.9 Å². The van der Waals surface area contributed by atoms with Crippen LogP contribution in [0, 0.1) is 0 Å². The number of aryl methyl sites for hydroxylation is 1. The van der Waals surface area contributed by atoms with Crippen molar-refractivity contribution in [2.24, 2.45) is 0 Å². The Bertz CT molecular complexity index is 672. The van der Waals surface area contributed by atoms with Crippen molar-refractivity contribution in [3.05, 3.63) is 34.5 Å². The zero-order valence-corrected chi connectivity index (χ0v) is 13.6. The third kappa shape index (κ3) is 2.55. The summed E-state index contributed by atoms with van der Waals surface area (Å²) in [6.07, 6.45) is 4.67. The molecule has 2 aromatic rings. The first-order chi connectivity index (χ1) is 10.7. The van der Waals surface area contributed by atoms with Crippen LogP contribution in [0.15, 0.2) is 22.6 Å². The molecule has 2 heterocycles. The molecule has 118 valence electrons. The van der Waals surface area contributed by atoms with Crippen LogP contribution < -0.4 is 0 Å². The molecule has 0 amide bonds. The van der Waals surface area contributed by atoms with E-state index >= 15 is 0 Å². The smallest absolute Gasteiger partial charge is 0.134 e. The third-order valence-electron chi connectivity index (χ3n) is 4.91. The maximum absolute atomic E-state index is 6.28. The maximum Gasteiger partial charge on any atom is 0.134 e. The number of furan rings is 1. The van der Waals surface area contributed by atoms with Gasteiger partial charge in [0.1, 0.15) is 11.3 Å². The molecule has 1 saturated heterocycles. The summed E-state index contributed by atoms with van der Waals surface area (Å²) in [6.45, 7) is 3.77. The van der Waals surface area contributed by atoms with Gasteiger partial charge in [0.05, 0.1) is 18.8 Å². The summed E-state index contributed by atoms with van der Waals surface area (Å²) < 4.78 is 17.8. The predicted molar refractivity (Wildman–Crippen MR) is 86.7 cm³/mol. The lowest BCUT2D eigenvalue weighted by molar-refractivity contribution is -0.0851. The van der Waals surface area contributed by atoms with Crippen LogP contribution in [0.3, 0.4) is 0 Å². The zero-order valence-electron chi connectivity index (χ0n) is 12.8. The monoisotopic (exact) mass is 320 g/mol. The lowest BCUT2D eigenvalue weighted by Gasteiger charge is -2.29. The highest BCUT2D eigenvalue weighted by atomic mass is 35.5. The number of rotatable bonds is 3. The molecule has 3 nitrogen and oxygen atoms in total. The number of benzene rings is 1. The van der Waals surface area contributed by atoms with Crippen molar-refractivity contribution >= 4 is 22.6 Å². The molecule has 0 N–H and O–H groups in total. The molecule has 0 radical (unpaired) electrons. The summed E-state index contributed by atoms with van der Waals surface area (Å²) in [6, 6.07) is 5.87. The van der Waals surface area contributed by atoms with E-state index in [-0.39, 0.29) is 12.2 Å². The van der Waals surface area contributed by atoms with E-state index in [9.17, 15) is 0 Å². The Balaban J connectivity index is 1.60. The van der Waals surface area contributed by atoms with E-state index in [1.165, 1.54) is 5.56 Å². The Hall–Kier alpha value is -1.03. The van der Waals surface area contributed by atoms with Crippen LogP contribution in [-0.4, -0.2) is 25.4 Å². The molecule has 0 spiro atoms. The molecular formula is C18H21ClO3. The van der Waals surface area contributed by atoms with Gasteiger partial charge in [-0.3, -0.25) is 0 Å². The fourth-order valence-corrected chi connectivity index (χ4v) is 4.02. The van der Waals surface area contributed by atoms with E-state index in [1.807, 2.05) is 18.2 Å². The first-order valence-electron chi connectivity index (χ1n) is 8.16. The van der Waals surface area contributed by atoms with Crippen LogP contribution in [0.1, 0.15) is 43.4 Å². The van der Waals surface area contributed by atoms with Gasteiger partial charge in [0.2, 0.25) is 0 Å². The number of ether oxygens (including phenoxy) is 2. The fraction of sp³-hybridized carbons (Fsp3) is 0.556. The molecule has 1 fully saturated rings. The molecule has 1 aliphatic carbocycles. The van der Waals surface area contributed by atoms with Gasteiger partial charge in [-0.1, -0.05) is 11.6 Å². The van der Waals surface area contributed by atoms with Crippen LogP contribution in [-0.2, 0) is 15.9 Å². The fourth-order valence-electron chi connectivity index (χ4n) is 3.85. The first-order valence-corrected chi connectivity index (χ1v) is 8.54. The van der Waals surface area contributed by atoms with Crippen molar-refractivity contribution in [3.8, 4) is 0 Å². The molecule has 0 bridgehead atoms. The quantitative estimate of drug-likeness (QED) is 0.821. The Labute approximate surface area is 135 Å². The Morgan fingerprint density at radius 1 is 1.32 bits per heavy atom. The molecule has 2 aliphatic rings. The number of halogens is 1. The lowest BCUT2D eigenvalue weighted by Crippen LogP contribution is -2.31. The average Bonchev–Trinajstić information content (AvgIpc) is 3.07. The standard InChI is InChI=1S/C18H21ClO3/c1-11(21-13-3-2-8-20-10-13)14-5-7-17-18(14)15-9-12(19)4-6-16(15)22-17/h4,6,9,11,13-14H,2-3,5,7-8,10H2,1H3. The Morgan fingerprint density at radius 3 is 3.05 bits per heavy atom. The minimum atomic E-state index is 0.174. The van der Waals surface area contributed by atoms with Gasteiger partial charge >= 0.3 is 0 Å². The third-order valence-corrected chi connectivity index (χ3v) is 5.15. The normalized spacial score (nSPS) is 26.3. The number of hydrogen-bond acceptors (Lipinski definition) is 3. The van der Waals surface area contributed by atoms with Gasteiger partial charge in [0, 0.05) is 34.9 Å². The van der Waals surface area contributed by atoms with Gasteiger partial charge in [-0.05, 0) is 44.4 Å². The summed E-state index contributed by atoms with van der Waals surface area (Å²) in [4.78, 5) is 0. The van der Waals surface area contributed by atoms with Crippen molar-refractivity contribution in [2.75, 3.05) is 13.2 Å². The van der Waals surface area contributed by atoms with Crippen molar-refractivity contribution in [1.29, 1.82) is 0 Å². The second-order valence-electron chi connectivity index (χ2n) is 6.40. The molecule has 4 rings (SSSR count). The minimum absolute atomic E-state index is 0.174. The average molecular weight is 321 g/mol. The Kier molecular flexibility index (Phi) is 3.89. The largest absolute Gasteiger partial charge is 0.461 e. The summed E-state index contributed by atoms with van der Waals surface area (Å²) in [5.74, 6) is 1.49. The zero-order chi connectivity index (χ0) is 15.1. The van der Waals surface area contributed by atoms with Gasteiger partial charge in [-0.2, -0.15) is 0 Å². The van der Waals surface area contributed by atoms with Gasteiger partial charge in [0.15, 0.2) is 0 Å². The summed E-state index contributed by atoms with van der Waals surface area (Å²) in [7, 11) is 0. The Morgan fingerprint density at radius 2 is 2.23 bits per heavy atom. The highest BCUT2D eigenvalue weighted by molar-refractivity contribution is 6.31. The molecular weight excluding hydrogens is 300 g/mol. The highest BCUT2D eigenvalue weighted by Gasteiger charge is 2.34. The predicted octanol–water partition coefficient (Wildman–Crippen LogP) is 4.70. The molecule has 1 aromatic heterocycles. The number of fused-ring (bicyclic) bond motifs is 3. The summed E-state index contributed by atoms with van der Waals surface area (Å²) >= 11 is 6.17. The molecule has 0 saturated carbocycles. The van der Waals surface area contributed by atoms with E-state index < -0.39 is 0 Å². The second kappa shape index (κ2) is 5.88. The van der Waals surface area contributed by atoms with Gasteiger partial charge in [-0.15, -0.1) is 0 Å². The van der Waals surface area contributed by atoms with Crippen LogP contribution >= 0.6 is 11.6 Å². The van der Waals surface area contributed by atoms with Crippen LogP contribution in [0.5, 0.6) is 0 Å². The summed E-state index contributed by atoms with van der Waals surface area (Å²) in [5.41, 5.74) is 2.24. The molecule has 4 heteroatoms. The van der Waals surface area contributed by atoms with Crippen molar-refractivity contribution in [3.63, 3.8) is 0 Å². The number of hydrogen-bond donors (Lipinski definition) is 0. The van der Waals surface area contributed by atoms with Crippen LogP contribution in [0.25, 0.3) is 11.0 Å². The van der Waals surface area contributed by atoms with E-state index in [0.717, 1.165) is 60.6 Å². The van der Waals surface area contributed by atoms with E-state index in [2.05, 4.69) is 6.92 Å². The van der Waals surface area contributed by atoms with E-state index in [1.54, 1.807) is 0 Å². The molecule has 3 unspecified atom stereocenters. The maximum atomic E-state index is 6.28. The highest BCUT2D eigenvalue weighted by Crippen LogP contribution is 2.43. The van der Waals surface area contributed by atoms with Crippen LogP contribution in [0.4, 0.5) is 0 Å². The molecule has 3 atom stereocenters. The van der Waals surface area contributed by atoms with Gasteiger partial charge in [0.25, 0.3) is 0 Å². The molecule has 22 heavy (non-hydrogen) atoms. The van der Waals surface area contributed by atoms with Crippen molar-refractivity contribution in [2.45, 2.75) is 50.7 Å². The lowest BCUT2D eigenvalue weighted by atomic mass is 9.94. The topological polar surface area (TPSA) is 31.6 Å².